The number of para-hydroxylation sites is 2. The molecular formula is C27H35N5O5S3. The summed E-state index contributed by atoms with van der Waals surface area (Å²) in [6.45, 7) is 6.05. The monoisotopic (exact) mass is 605 g/mol. The van der Waals surface area contributed by atoms with Crippen LogP contribution in [0.25, 0.3) is 0 Å². The van der Waals surface area contributed by atoms with Gasteiger partial charge in [-0.05, 0) is 56.6 Å². The fraction of sp³-hybridized carbons (Fsp3) is 0.444. The van der Waals surface area contributed by atoms with E-state index in [4.69, 9.17) is 15.2 Å². The van der Waals surface area contributed by atoms with Gasteiger partial charge in [0.25, 0.3) is 10.0 Å². The third kappa shape index (κ3) is 7.06. The minimum Gasteiger partial charge on any atom is -0.493 e. The van der Waals surface area contributed by atoms with E-state index in [1.54, 1.807) is 24.3 Å². The summed E-state index contributed by atoms with van der Waals surface area (Å²) in [5.74, 6) is 0.550. The Morgan fingerprint density at radius 1 is 1.20 bits per heavy atom. The van der Waals surface area contributed by atoms with Gasteiger partial charge in [0.1, 0.15) is 4.21 Å². The van der Waals surface area contributed by atoms with Gasteiger partial charge in [0.05, 0.1) is 25.6 Å². The van der Waals surface area contributed by atoms with E-state index in [0.29, 0.717) is 11.5 Å². The number of hydrogen-bond acceptors (Lipinski definition) is 10. The quantitative estimate of drug-likeness (QED) is 0.208. The Morgan fingerprint density at radius 2 is 1.98 bits per heavy atom. The Hall–Kier alpha value is -2.87. The van der Waals surface area contributed by atoms with E-state index < -0.39 is 15.9 Å². The first kappa shape index (κ1) is 30.1. The van der Waals surface area contributed by atoms with E-state index >= 15 is 0 Å². The van der Waals surface area contributed by atoms with Crippen molar-refractivity contribution >= 4 is 44.8 Å². The van der Waals surface area contributed by atoms with E-state index in [1.165, 1.54) is 28.9 Å². The average molecular weight is 606 g/mol. The number of benzene rings is 1. The molecule has 13 heteroatoms. The van der Waals surface area contributed by atoms with Gasteiger partial charge < -0.3 is 15.2 Å². The Balaban J connectivity index is 1.84. The maximum atomic E-state index is 14.3. The van der Waals surface area contributed by atoms with Crippen LogP contribution in [0.3, 0.4) is 0 Å². The molecule has 1 saturated heterocycles. The SMILES string of the molecule is CCCc1ccc(S(=O)(=O)N(CC2CCCN2CC)c2nc(SCC(N)=O)ncc2Oc2ccccc2OC)s1. The van der Waals surface area contributed by atoms with Crippen molar-refractivity contribution in [2.75, 3.05) is 36.8 Å². The largest absolute Gasteiger partial charge is 0.493 e. The molecule has 216 valence electrons. The van der Waals surface area contributed by atoms with Crippen molar-refractivity contribution in [2.45, 2.75) is 54.9 Å². The molecule has 1 atom stereocenters. The smallest absolute Gasteiger partial charge is 0.275 e. The molecule has 1 aliphatic heterocycles. The lowest BCUT2D eigenvalue weighted by molar-refractivity contribution is -0.115. The minimum absolute atomic E-state index is 0.00523. The minimum atomic E-state index is -4.03. The molecule has 1 fully saturated rings. The summed E-state index contributed by atoms with van der Waals surface area (Å²) in [5, 5.41) is 0.220. The van der Waals surface area contributed by atoms with Crippen molar-refractivity contribution in [2.24, 2.45) is 5.73 Å². The number of ether oxygens (including phenoxy) is 2. The summed E-state index contributed by atoms with van der Waals surface area (Å²) in [4.78, 5) is 23.7. The number of carbonyl (C=O) groups is 1. The Bertz CT molecular complexity index is 1420. The number of methoxy groups -OCH3 is 1. The number of anilines is 1. The highest BCUT2D eigenvalue weighted by Gasteiger charge is 2.36. The lowest BCUT2D eigenvalue weighted by Gasteiger charge is -2.31. The number of likely N-dealkylation sites (tertiary alicyclic amines) is 1. The average Bonchev–Trinajstić information content (AvgIpc) is 3.61. The number of rotatable bonds is 14. The Kier molecular flexibility index (Phi) is 10.3. The first-order valence-corrected chi connectivity index (χ1v) is 16.5. The number of nitrogens with zero attached hydrogens (tertiary/aromatic N) is 4. The van der Waals surface area contributed by atoms with Crippen LogP contribution in [0.5, 0.6) is 17.2 Å². The van der Waals surface area contributed by atoms with Crippen LogP contribution in [0, 0.1) is 0 Å². The van der Waals surface area contributed by atoms with Gasteiger partial charge in [0.2, 0.25) is 5.91 Å². The van der Waals surface area contributed by atoms with Crippen LogP contribution in [-0.4, -0.2) is 67.7 Å². The van der Waals surface area contributed by atoms with Gasteiger partial charge in [-0.3, -0.25) is 9.69 Å². The number of nitrogens with two attached hydrogens (primary N) is 1. The van der Waals surface area contributed by atoms with Crippen molar-refractivity contribution in [3.05, 3.63) is 47.5 Å². The molecule has 2 N–H and O–H groups in total. The summed E-state index contributed by atoms with van der Waals surface area (Å²) in [5.41, 5.74) is 5.35. The number of likely N-dealkylation sites (N-methyl/N-ethyl adjacent to an activating group) is 1. The Morgan fingerprint density at radius 3 is 2.67 bits per heavy atom. The van der Waals surface area contributed by atoms with E-state index in [1.807, 2.05) is 12.1 Å². The molecule has 0 saturated carbocycles. The number of aromatic nitrogens is 2. The van der Waals surface area contributed by atoms with E-state index in [-0.39, 0.29) is 39.3 Å². The predicted octanol–water partition coefficient (Wildman–Crippen LogP) is 4.55. The van der Waals surface area contributed by atoms with Crippen LogP contribution in [0.2, 0.25) is 0 Å². The van der Waals surface area contributed by atoms with Crippen LogP contribution in [0.1, 0.15) is 38.0 Å². The zero-order chi connectivity index (χ0) is 28.7. The number of aryl methyl sites for hydroxylation is 1. The zero-order valence-electron chi connectivity index (χ0n) is 22.9. The summed E-state index contributed by atoms with van der Waals surface area (Å²) in [7, 11) is -2.49. The molecule has 0 spiro atoms. The van der Waals surface area contributed by atoms with Gasteiger partial charge in [-0.15, -0.1) is 11.3 Å². The second-order valence-corrected chi connectivity index (χ2v) is 13.5. The summed E-state index contributed by atoms with van der Waals surface area (Å²) in [6.07, 6.45) is 5.00. The molecule has 3 heterocycles. The number of sulfonamides is 1. The molecule has 4 rings (SSSR count). The molecule has 0 bridgehead atoms. The molecule has 3 aromatic rings. The lowest BCUT2D eigenvalue weighted by atomic mass is 10.2. The van der Waals surface area contributed by atoms with Gasteiger partial charge in [0.15, 0.2) is 28.2 Å². The van der Waals surface area contributed by atoms with Crippen molar-refractivity contribution in [3.63, 3.8) is 0 Å². The van der Waals surface area contributed by atoms with Crippen LogP contribution in [0.4, 0.5) is 5.82 Å². The number of thioether (sulfide) groups is 1. The van der Waals surface area contributed by atoms with Gasteiger partial charge in [-0.25, -0.2) is 22.7 Å². The van der Waals surface area contributed by atoms with Gasteiger partial charge in [0, 0.05) is 10.9 Å². The Labute approximate surface area is 243 Å². The molecule has 1 aromatic carbocycles. The highest BCUT2D eigenvalue weighted by atomic mass is 32.2. The first-order chi connectivity index (χ1) is 19.3. The first-order valence-electron chi connectivity index (χ1n) is 13.2. The third-order valence-corrected chi connectivity index (χ3v) is 10.8. The van der Waals surface area contributed by atoms with Gasteiger partial charge in [-0.2, -0.15) is 0 Å². The number of primary amides is 1. The highest BCUT2D eigenvalue weighted by Crippen LogP contribution is 2.39. The van der Waals surface area contributed by atoms with Crippen LogP contribution < -0.4 is 19.5 Å². The second kappa shape index (κ2) is 13.7. The molecule has 40 heavy (non-hydrogen) atoms. The fourth-order valence-electron chi connectivity index (χ4n) is 4.62. The molecule has 1 amide bonds. The highest BCUT2D eigenvalue weighted by molar-refractivity contribution is 7.99. The second-order valence-electron chi connectivity index (χ2n) is 9.28. The molecule has 0 radical (unpaired) electrons. The third-order valence-electron chi connectivity index (χ3n) is 6.54. The maximum absolute atomic E-state index is 14.3. The molecule has 0 aliphatic carbocycles. The van der Waals surface area contributed by atoms with Crippen molar-refractivity contribution in [3.8, 4) is 17.2 Å². The zero-order valence-corrected chi connectivity index (χ0v) is 25.4. The van der Waals surface area contributed by atoms with E-state index in [2.05, 4.69) is 28.7 Å². The van der Waals surface area contributed by atoms with E-state index in [0.717, 1.165) is 55.4 Å². The number of thiophene rings is 1. The lowest BCUT2D eigenvalue weighted by Crippen LogP contribution is -2.43. The molecule has 2 aromatic heterocycles. The van der Waals surface area contributed by atoms with Crippen molar-refractivity contribution in [1.29, 1.82) is 0 Å². The summed E-state index contributed by atoms with van der Waals surface area (Å²) >= 11 is 2.31. The van der Waals surface area contributed by atoms with Crippen LogP contribution >= 0.6 is 23.1 Å². The van der Waals surface area contributed by atoms with Crippen molar-refractivity contribution in [1.82, 2.24) is 14.9 Å². The predicted molar refractivity (Wildman–Crippen MR) is 158 cm³/mol. The van der Waals surface area contributed by atoms with Crippen molar-refractivity contribution < 1.29 is 22.7 Å². The number of hydrogen-bond donors (Lipinski definition) is 1. The fourth-order valence-corrected chi connectivity index (χ4v) is 8.20. The molecule has 1 unspecified atom stereocenters. The topological polar surface area (TPSA) is 128 Å². The summed E-state index contributed by atoms with van der Waals surface area (Å²) in [6, 6.07) is 10.6. The van der Waals surface area contributed by atoms with Crippen LogP contribution in [0.15, 0.2) is 52.0 Å². The van der Waals surface area contributed by atoms with Gasteiger partial charge in [-0.1, -0.05) is 44.2 Å². The number of carbonyl (C=O) groups excluding carboxylic acids is 1. The molecule has 10 nitrogen and oxygen atoms in total. The van der Waals surface area contributed by atoms with Crippen LogP contribution in [-0.2, 0) is 21.2 Å². The van der Waals surface area contributed by atoms with Gasteiger partial charge >= 0.3 is 0 Å². The molecule has 1 aliphatic rings. The standard InChI is InChI=1S/C27H35N5O5S3/c1-4-9-20-13-14-25(39-20)40(34,35)32(17-19-10-8-15-31(19)5-2)26-23(16-29-27(30-26)38-18-24(28)33)37-22-12-7-6-11-21(22)36-3/h6-7,11-14,16,19H,4-5,8-10,15,17-18H2,1-3H3,(H2,28,33). The molecular weight excluding hydrogens is 571 g/mol. The maximum Gasteiger partial charge on any atom is 0.275 e. The number of amides is 1. The summed E-state index contributed by atoms with van der Waals surface area (Å²) < 4.78 is 41.9. The normalized spacial score (nSPS) is 15.7. The van der Waals surface area contributed by atoms with E-state index in [9.17, 15) is 13.2 Å².